The summed E-state index contributed by atoms with van der Waals surface area (Å²) in [5.74, 6) is 0.870. The van der Waals surface area contributed by atoms with Gasteiger partial charge in [0.05, 0.1) is 12.1 Å². The number of hydrogen-bond acceptors (Lipinski definition) is 2. The summed E-state index contributed by atoms with van der Waals surface area (Å²) < 4.78 is 5.82. The number of fused-ring (bicyclic) bond motifs is 1. The Morgan fingerprint density at radius 3 is 2.92 bits per heavy atom. The van der Waals surface area contributed by atoms with E-state index in [9.17, 15) is 0 Å². The number of ether oxygens (including phenoxy) is 1. The molecule has 0 spiro atoms. The van der Waals surface area contributed by atoms with Crippen molar-refractivity contribution < 1.29 is 4.74 Å². The van der Waals surface area contributed by atoms with Crippen molar-refractivity contribution in [3.63, 3.8) is 0 Å². The van der Waals surface area contributed by atoms with Crippen molar-refractivity contribution in [2.75, 3.05) is 26.2 Å². The molecule has 1 aromatic heterocycles. The summed E-state index contributed by atoms with van der Waals surface area (Å²) in [4.78, 5) is 8.09. The lowest BCUT2D eigenvalue weighted by Gasteiger charge is -2.21. The Balaban J connectivity index is 0.00000243. The smallest absolute Gasteiger partial charge is 0.191 e. The predicted octanol–water partition coefficient (Wildman–Crippen LogP) is 3.76. The quantitative estimate of drug-likeness (QED) is 0.342. The van der Waals surface area contributed by atoms with E-state index in [2.05, 4.69) is 60.8 Å². The lowest BCUT2D eigenvalue weighted by atomic mass is 10.0. The molecule has 2 aromatic rings. The number of H-pyrrole nitrogens is 1. The number of aromatic nitrogens is 1. The van der Waals surface area contributed by atoms with Gasteiger partial charge in [0.25, 0.3) is 0 Å². The Morgan fingerprint density at radius 2 is 2.19 bits per heavy atom. The van der Waals surface area contributed by atoms with E-state index < -0.39 is 0 Å². The summed E-state index contributed by atoms with van der Waals surface area (Å²) in [5, 5.41) is 8.08. The van der Waals surface area contributed by atoms with E-state index in [1.807, 2.05) is 0 Å². The molecule has 1 saturated heterocycles. The third kappa shape index (κ3) is 5.36. The van der Waals surface area contributed by atoms with Crippen LogP contribution in [0.1, 0.15) is 37.8 Å². The maximum atomic E-state index is 5.82. The maximum absolute atomic E-state index is 5.82. The van der Waals surface area contributed by atoms with Gasteiger partial charge >= 0.3 is 0 Å². The van der Waals surface area contributed by atoms with E-state index in [-0.39, 0.29) is 29.6 Å². The van der Waals surface area contributed by atoms with Gasteiger partial charge in [-0.25, -0.2) is 0 Å². The maximum Gasteiger partial charge on any atom is 0.191 e. The zero-order chi connectivity index (χ0) is 17.7. The molecule has 3 rings (SSSR count). The molecule has 1 aliphatic heterocycles. The third-order valence-corrected chi connectivity index (χ3v) is 4.83. The van der Waals surface area contributed by atoms with Crippen LogP contribution in [-0.2, 0) is 11.2 Å². The van der Waals surface area contributed by atoms with Crippen LogP contribution >= 0.6 is 24.0 Å². The van der Waals surface area contributed by atoms with Crippen LogP contribution in [0.3, 0.4) is 0 Å². The van der Waals surface area contributed by atoms with Gasteiger partial charge in [-0.15, -0.1) is 24.0 Å². The summed E-state index contributed by atoms with van der Waals surface area (Å²) in [5.41, 5.74) is 3.73. The highest BCUT2D eigenvalue weighted by atomic mass is 127. The van der Waals surface area contributed by atoms with Gasteiger partial charge in [0.15, 0.2) is 5.96 Å². The molecule has 0 bridgehead atoms. The Morgan fingerprint density at radius 1 is 1.35 bits per heavy atom. The molecule has 144 valence electrons. The van der Waals surface area contributed by atoms with Crippen LogP contribution in [0.5, 0.6) is 0 Å². The second-order valence-electron chi connectivity index (χ2n) is 7.14. The first-order valence-electron chi connectivity index (χ1n) is 9.32. The van der Waals surface area contributed by atoms with Crippen molar-refractivity contribution in [3.8, 4) is 0 Å². The molecule has 0 radical (unpaired) electrons. The van der Waals surface area contributed by atoms with Gasteiger partial charge in [0, 0.05) is 36.8 Å². The minimum atomic E-state index is -0.100. The van der Waals surface area contributed by atoms with Gasteiger partial charge in [0.2, 0.25) is 0 Å². The van der Waals surface area contributed by atoms with Gasteiger partial charge < -0.3 is 20.4 Å². The molecule has 0 aliphatic carbocycles. The number of hydrogen-bond donors (Lipinski definition) is 3. The highest BCUT2D eigenvalue weighted by Gasteiger charge is 2.29. The number of nitrogens with one attached hydrogen (secondary N) is 3. The molecule has 1 aliphatic rings. The van der Waals surface area contributed by atoms with Crippen molar-refractivity contribution in [2.45, 2.75) is 45.6 Å². The van der Waals surface area contributed by atoms with E-state index in [1.165, 1.54) is 22.0 Å². The first-order chi connectivity index (χ1) is 12.1. The summed E-state index contributed by atoms with van der Waals surface area (Å²) in [6.07, 6.45) is 5.30. The zero-order valence-corrected chi connectivity index (χ0v) is 18.4. The number of halogens is 1. The van der Waals surface area contributed by atoms with E-state index in [1.54, 1.807) is 0 Å². The van der Waals surface area contributed by atoms with Gasteiger partial charge in [-0.2, -0.15) is 0 Å². The molecule has 5 nitrogen and oxygen atoms in total. The number of rotatable bonds is 6. The standard InChI is InChI=1S/C20H30N4O.HI/c1-4-21-19(24-14-20(3)9-5-11-25-20)22-10-8-16-13-23-18-12-15(2)6-7-17(16)18;/h6-7,12-13,23H,4-5,8-11,14H2,1-3H3,(H2,21,22,24);1H. The van der Waals surface area contributed by atoms with Crippen LogP contribution in [0.4, 0.5) is 0 Å². The van der Waals surface area contributed by atoms with Crippen LogP contribution in [0.25, 0.3) is 10.9 Å². The molecule has 3 N–H and O–H groups in total. The molecule has 6 heteroatoms. The zero-order valence-electron chi connectivity index (χ0n) is 16.0. The normalized spacial score (nSPS) is 20.2. The number of nitrogens with zero attached hydrogens (tertiary/aromatic N) is 1. The van der Waals surface area contributed by atoms with E-state index in [0.29, 0.717) is 6.54 Å². The van der Waals surface area contributed by atoms with Crippen LogP contribution in [0.15, 0.2) is 29.4 Å². The van der Waals surface area contributed by atoms with Gasteiger partial charge in [-0.1, -0.05) is 12.1 Å². The SMILES string of the molecule is CCNC(=NCC1(C)CCCO1)NCCc1c[nH]c2cc(C)ccc12.I. The lowest BCUT2D eigenvalue weighted by Crippen LogP contribution is -2.40. The number of aryl methyl sites for hydroxylation is 1. The van der Waals surface area contributed by atoms with Crippen molar-refractivity contribution in [2.24, 2.45) is 4.99 Å². The summed E-state index contributed by atoms with van der Waals surface area (Å²) in [6, 6.07) is 6.56. The molecule has 1 fully saturated rings. The second-order valence-corrected chi connectivity index (χ2v) is 7.14. The highest BCUT2D eigenvalue weighted by molar-refractivity contribution is 14.0. The van der Waals surface area contributed by atoms with Gasteiger partial charge in [0.1, 0.15) is 0 Å². The van der Waals surface area contributed by atoms with Gasteiger partial charge in [-0.3, -0.25) is 4.99 Å². The molecule has 1 aromatic carbocycles. The predicted molar refractivity (Wildman–Crippen MR) is 120 cm³/mol. The van der Waals surface area contributed by atoms with E-state index in [4.69, 9.17) is 9.73 Å². The molecular formula is C20H31IN4O. The Kier molecular flexibility index (Phi) is 7.76. The number of guanidine groups is 1. The largest absolute Gasteiger partial charge is 0.373 e. The Labute approximate surface area is 173 Å². The number of aliphatic imine (C=N–C) groups is 1. The number of aromatic amines is 1. The lowest BCUT2D eigenvalue weighted by molar-refractivity contribution is 0.0283. The summed E-state index contributed by atoms with van der Waals surface area (Å²) >= 11 is 0. The topological polar surface area (TPSA) is 61.4 Å². The van der Waals surface area contributed by atoms with Crippen molar-refractivity contribution in [1.82, 2.24) is 15.6 Å². The Hall–Kier alpha value is -1.28. The first kappa shape index (κ1) is 21.0. The fourth-order valence-electron chi connectivity index (χ4n) is 3.37. The summed E-state index contributed by atoms with van der Waals surface area (Å²) in [7, 11) is 0. The highest BCUT2D eigenvalue weighted by Crippen LogP contribution is 2.25. The van der Waals surface area contributed by atoms with E-state index in [0.717, 1.165) is 44.9 Å². The molecule has 1 atom stereocenters. The van der Waals surface area contributed by atoms with Crippen LogP contribution < -0.4 is 10.6 Å². The minimum Gasteiger partial charge on any atom is -0.373 e. The third-order valence-electron chi connectivity index (χ3n) is 4.83. The molecule has 0 amide bonds. The van der Waals surface area contributed by atoms with Crippen LogP contribution in [0, 0.1) is 6.92 Å². The van der Waals surface area contributed by atoms with Crippen LogP contribution in [0.2, 0.25) is 0 Å². The monoisotopic (exact) mass is 470 g/mol. The van der Waals surface area contributed by atoms with Crippen molar-refractivity contribution in [3.05, 3.63) is 35.5 Å². The van der Waals surface area contributed by atoms with Crippen molar-refractivity contribution >= 4 is 40.8 Å². The first-order valence-corrected chi connectivity index (χ1v) is 9.32. The average Bonchev–Trinajstić information content (AvgIpc) is 3.19. The summed E-state index contributed by atoms with van der Waals surface area (Å²) in [6.45, 7) is 9.63. The average molecular weight is 470 g/mol. The Bertz CT molecular complexity index is 734. The molecule has 0 saturated carbocycles. The second kappa shape index (κ2) is 9.60. The molecule has 1 unspecified atom stereocenters. The van der Waals surface area contributed by atoms with Gasteiger partial charge in [-0.05, 0) is 57.2 Å². The fraction of sp³-hybridized carbons (Fsp3) is 0.550. The molecular weight excluding hydrogens is 439 g/mol. The van der Waals surface area contributed by atoms with E-state index >= 15 is 0 Å². The fourth-order valence-corrected chi connectivity index (χ4v) is 3.37. The minimum absolute atomic E-state index is 0. The molecule has 2 heterocycles. The van der Waals surface area contributed by atoms with Crippen LogP contribution in [-0.4, -0.2) is 42.8 Å². The van der Waals surface area contributed by atoms with Crippen molar-refractivity contribution in [1.29, 1.82) is 0 Å². The number of benzene rings is 1. The molecule has 26 heavy (non-hydrogen) atoms.